The Morgan fingerprint density at radius 1 is 0.829 bits per heavy atom. The largest absolute Gasteiger partial charge is 0.392 e. The molecule has 2 saturated carbocycles. The summed E-state index contributed by atoms with van der Waals surface area (Å²) in [6, 6.07) is 21.4. The summed E-state index contributed by atoms with van der Waals surface area (Å²) in [6.07, 6.45) is 10.6. The Hall–Kier alpha value is -1.58. The molecule has 191 valence electrons. The summed E-state index contributed by atoms with van der Waals surface area (Å²) in [4.78, 5) is 4.45. The van der Waals surface area contributed by atoms with Gasteiger partial charge in [0.25, 0.3) is 0 Å². The molecule has 0 spiro atoms. The summed E-state index contributed by atoms with van der Waals surface area (Å²) in [5, 5.41) is 23.8. The Kier molecular flexibility index (Phi) is 10.9. The van der Waals surface area contributed by atoms with Crippen molar-refractivity contribution >= 4 is 10.8 Å². The number of hydrogen-bond donors (Lipinski definition) is 2. The average Bonchev–Trinajstić information content (AvgIpc) is 3.14. The molecule has 35 heavy (non-hydrogen) atoms. The summed E-state index contributed by atoms with van der Waals surface area (Å²) in [6.45, 7) is 4.35. The summed E-state index contributed by atoms with van der Waals surface area (Å²) >= 11 is 0. The molecule has 4 heteroatoms. The van der Waals surface area contributed by atoms with Gasteiger partial charge in [-0.1, -0.05) is 63.8 Å². The smallest absolute Gasteiger partial charge is 0.0623 e. The van der Waals surface area contributed by atoms with Crippen LogP contribution >= 0.6 is 0 Å². The van der Waals surface area contributed by atoms with E-state index < -0.39 is 0 Å². The van der Waals surface area contributed by atoms with Crippen molar-refractivity contribution in [3.63, 3.8) is 0 Å². The molecule has 1 aromatic heterocycles. The molecule has 0 bridgehead atoms. The fraction of sp³-hybridized carbons (Fsp3) is 0.516. The first-order chi connectivity index (χ1) is 16.6. The Morgan fingerprint density at radius 2 is 1.46 bits per heavy atom. The molecule has 2 aromatic carbocycles. The second-order valence-corrected chi connectivity index (χ2v) is 10.2. The van der Waals surface area contributed by atoms with Gasteiger partial charge in [-0.25, -0.2) is 0 Å². The fourth-order valence-electron chi connectivity index (χ4n) is 6.31. The van der Waals surface area contributed by atoms with Gasteiger partial charge >= 0.3 is 0 Å². The zero-order chi connectivity index (χ0) is 23.9. The van der Waals surface area contributed by atoms with E-state index in [0.29, 0.717) is 17.8 Å². The van der Waals surface area contributed by atoms with E-state index in [0.717, 1.165) is 36.9 Å². The summed E-state index contributed by atoms with van der Waals surface area (Å²) in [5.74, 6) is 1.52. The van der Waals surface area contributed by atoms with E-state index in [1.165, 1.54) is 36.5 Å². The number of fused-ring (bicyclic) bond motifs is 2. The molecule has 3 nitrogen and oxygen atoms in total. The molecule has 4 atom stereocenters. The van der Waals surface area contributed by atoms with E-state index >= 15 is 0 Å². The van der Waals surface area contributed by atoms with E-state index in [1.807, 2.05) is 48.7 Å². The molecular weight excluding hydrogens is 611 g/mol. The monoisotopic (exact) mass is 651 g/mol. The first-order valence-electron chi connectivity index (χ1n) is 13.3. The van der Waals surface area contributed by atoms with Crippen LogP contribution in [0.25, 0.3) is 22.0 Å². The molecule has 2 aliphatic rings. The third kappa shape index (κ3) is 6.60. The zero-order valence-corrected chi connectivity index (χ0v) is 23.5. The van der Waals surface area contributed by atoms with Crippen LogP contribution < -0.4 is 0 Å². The van der Waals surface area contributed by atoms with Gasteiger partial charge in [-0.15, -0.1) is 35.9 Å². The second-order valence-electron chi connectivity index (χ2n) is 10.2. The van der Waals surface area contributed by atoms with Crippen LogP contribution in [0.1, 0.15) is 65.2 Å². The molecule has 0 aliphatic heterocycles. The maximum atomic E-state index is 10.7. The topological polar surface area (TPSA) is 53.4 Å². The average molecular weight is 651 g/mol. The number of pyridine rings is 1. The van der Waals surface area contributed by atoms with Gasteiger partial charge in [0, 0.05) is 32.2 Å². The number of benzene rings is 2. The predicted molar refractivity (Wildman–Crippen MR) is 140 cm³/mol. The van der Waals surface area contributed by atoms with E-state index in [4.69, 9.17) is 0 Å². The molecule has 2 unspecified atom stereocenters. The minimum atomic E-state index is -0.273. The number of aromatic nitrogens is 1. The minimum Gasteiger partial charge on any atom is -0.392 e. The first-order valence-corrected chi connectivity index (χ1v) is 13.3. The summed E-state index contributed by atoms with van der Waals surface area (Å²) < 4.78 is 0. The second kappa shape index (κ2) is 13.7. The van der Waals surface area contributed by atoms with Crippen molar-refractivity contribution in [3.05, 3.63) is 66.9 Å². The van der Waals surface area contributed by atoms with Gasteiger partial charge in [0.1, 0.15) is 0 Å². The van der Waals surface area contributed by atoms with Crippen molar-refractivity contribution in [2.45, 2.75) is 77.4 Å². The van der Waals surface area contributed by atoms with Crippen molar-refractivity contribution in [1.29, 1.82) is 0 Å². The van der Waals surface area contributed by atoms with Crippen LogP contribution in [-0.4, -0.2) is 27.4 Å². The number of rotatable bonds is 3. The van der Waals surface area contributed by atoms with Gasteiger partial charge in [0.2, 0.25) is 0 Å². The molecular formula is C31H40IrNO2-. The van der Waals surface area contributed by atoms with Crippen LogP contribution in [0.4, 0.5) is 0 Å². The van der Waals surface area contributed by atoms with Crippen LogP contribution in [0.2, 0.25) is 0 Å². The number of hydrogen-bond acceptors (Lipinski definition) is 3. The van der Waals surface area contributed by atoms with Crippen molar-refractivity contribution in [3.8, 4) is 11.3 Å². The number of nitrogens with zero attached hydrogens (tertiary/aromatic N) is 1. The van der Waals surface area contributed by atoms with Crippen LogP contribution in [0.15, 0.2) is 60.8 Å². The van der Waals surface area contributed by atoms with Crippen LogP contribution in [0, 0.1) is 29.7 Å². The predicted octanol–water partition coefficient (Wildman–Crippen LogP) is 7.06. The van der Waals surface area contributed by atoms with Crippen LogP contribution in [0.3, 0.4) is 0 Å². The Labute approximate surface area is 224 Å². The summed E-state index contributed by atoms with van der Waals surface area (Å²) in [5.41, 5.74) is 2.04. The van der Waals surface area contributed by atoms with Crippen molar-refractivity contribution in [2.75, 3.05) is 0 Å². The van der Waals surface area contributed by atoms with Gasteiger partial charge in [-0.05, 0) is 66.0 Å². The van der Waals surface area contributed by atoms with Gasteiger partial charge in [0.05, 0.1) is 12.2 Å². The van der Waals surface area contributed by atoms with Gasteiger partial charge in [0.15, 0.2) is 0 Å². The van der Waals surface area contributed by atoms with E-state index in [2.05, 4.69) is 37.0 Å². The van der Waals surface area contributed by atoms with Crippen LogP contribution in [0.5, 0.6) is 0 Å². The third-order valence-electron chi connectivity index (χ3n) is 8.29. The maximum Gasteiger partial charge on any atom is 0.0623 e. The molecule has 0 amide bonds. The van der Waals surface area contributed by atoms with E-state index in [1.54, 1.807) is 0 Å². The molecule has 2 aliphatic carbocycles. The van der Waals surface area contributed by atoms with Crippen molar-refractivity contribution < 1.29 is 30.3 Å². The quantitative estimate of drug-likeness (QED) is 0.299. The molecule has 1 heterocycles. The van der Waals surface area contributed by atoms with Gasteiger partial charge in [-0.3, -0.25) is 0 Å². The molecule has 1 radical (unpaired) electrons. The Morgan fingerprint density at radius 3 is 2.06 bits per heavy atom. The van der Waals surface area contributed by atoms with Crippen molar-refractivity contribution in [1.82, 2.24) is 4.98 Å². The normalized spacial score (nSPS) is 28.5. The zero-order valence-electron chi connectivity index (χ0n) is 21.1. The summed E-state index contributed by atoms with van der Waals surface area (Å²) in [7, 11) is 0. The van der Waals surface area contributed by atoms with Gasteiger partial charge < -0.3 is 15.2 Å². The van der Waals surface area contributed by atoms with E-state index in [-0.39, 0.29) is 38.2 Å². The van der Waals surface area contributed by atoms with E-state index in [9.17, 15) is 10.2 Å². The Balaban J connectivity index is 0.000000191. The maximum absolute atomic E-state index is 10.7. The minimum absolute atomic E-state index is 0. The third-order valence-corrected chi connectivity index (χ3v) is 8.29. The SMILES string of the molecule is CC[C@H]1CCCC2CCC[C@H](CC)C(O)C2C1O.[Ir].[c-]1ccccc1-c1nccc2ccccc12. The van der Waals surface area contributed by atoms with Gasteiger partial charge in [-0.2, -0.15) is 0 Å². The molecule has 2 N–H and O–H groups in total. The number of aliphatic hydroxyl groups is 2. The molecule has 0 saturated heterocycles. The fourth-order valence-corrected chi connectivity index (χ4v) is 6.31. The standard InChI is InChI=1S/C16H30O2.C15H10N.Ir/c1-3-11-7-5-9-13-10-6-8-12(4-2)16(18)14(13)15(11)17;1-2-7-13(8-3-1)15-14-9-5-4-6-12(14)10-11-16-15;/h11-18H,3-10H2,1-2H3;1-7,9-11H;/q;-1;/t11-,12-,13?,14?,15?,16?;;/m0../s1. The Bertz CT molecular complexity index is 997. The molecule has 2 fully saturated rings. The molecule has 3 aromatic rings. The van der Waals surface area contributed by atoms with Crippen LogP contribution in [-0.2, 0) is 20.1 Å². The molecule has 5 rings (SSSR count). The number of aliphatic hydroxyl groups excluding tert-OH is 2. The first kappa shape index (κ1) is 28.0. The van der Waals surface area contributed by atoms with Crippen molar-refractivity contribution in [2.24, 2.45) is 23.7 Å².